The molecule has 0 unspecified atom stereocenters. The number of rotatable bonds is 5. The van der Waals surface area contributed by atoms with Crippen LogP contribution in [0.15, 0.2) is 54.7 Å². The first-order valence-corrected chi connectivity index (χ1v) is 9.81. The molecule has 0 spiro atoms. The lowest BCUT2D eigenvalue weighted by atomic mass is 10.1. The Morgan fingerprint density at radius 2 is 2.00 bits per heavy atom. The molecular weight excluding hydrogens is 380 g/mol. The highest BCUT2D eigenvalue weighted by atomic mass is 35.5. The number of aromatic nitrogens is 1. The lowest BCUT2D eigenvalue weighted by Crippen LogP contribution is -2.10. The van der Waals surface area contributed by atoms with Crippen LogP contribution >= 0.6 is 22.9 Å². The molecule has 1 aromatic carbocycles. The zero-order valence-corrected chi connectivity index (χ0v) is 15.3. The van der Waals surface area contributed by atoms with E-state index in [0.29, 0.717) is 26.2 Å². The van der Waals surface area contributed by atoms with Crippen LogP contribution in [0.2, 0.25) is 5.02 Å². The van der Waals surface area contributed by atoms with Gasteiger partial charge in [-0.25, -0.2) is 8.42 Å². The van der Waals surface area contributed by atoms with Gasteiger partial charge in [-0.2, -0.15) is 0 Å². The van der Waals surface area contributed by atoms with Crippen molar-refractivity contribution < 1.29 is 13.2 Å². The number of thiol groups is 1. The summed E-state index contributed by atoms with van der Waals surface area (Å²) in [5, 5.41) is 3.33. The van der Waals surface area contributed by atoms with Crippen LogP contribution in [0.25, 0.3) is 11.3 Å². The van der Waals surface area contributed by atoms with Crippen LogP contribution in [-0.4, -0.2) is 19.3 Å². The van der Waals surface area contributed by atoms with E-state index < -0.39 is 10.7 Å². The second-order valence-electron chi connectivity index (χ2n) is 5.12. The van der Waals surface area contributed by atoms with Gasteiger partial charge in [0.25, 0.3) is 5.91 Å². The first-order chi connectivity index (χ1) is 12.0. The molecule has 0 fully saturated rings. The topological polar surface area (TPSA) is 76.1 Å². The minimum Gasteiger partial charge on any atom is -0.321 e. The number of nitrogens with one attached hydrogen (secondary N) is 1. The van der Waals surface area contributed by atoms with Crippen LogP contribution < -0.4 is 5.32 Å². The van der Waals surface area contributed by atoms with Crippen LogP contribution in [0.1, 0.15) is 14.5 Å². The number of carbonyl (C=O) groups is 1. The predicted molar refractivity (Wildman–Crippen MR) is 101 cm³/mol. The van der Waals surface area contributed by atoms with Gasteiger partial charge in [-0.05, 0) is 42.5 Å². The molecule has 1 amide bonds. The third kappa shape index (κ3) is 4.45. The molecule has 0 atom stereocenters. The van der Waals surface area contributed by atoms with Crippen molar-refractivity contribution in [2.45, 2.75) is 5.75 Å². The third-order valence-corrected chi connectivity index (χ3v) is 5.56. The summed E-state index contributed by atoms with van der Waals surface area (Å²) in [6.45, 7) is 0. The fourth-order valence-electron chi connectivity index (χ4n) is 2.23. The van der Waals surface area contributed by atoms with Crippen molar-refractivity contribution in [2.24, 2.45) is 0 Å². The molecule has 25 heavy (non-hydrogen) atoms. The number of hydrogen-bond acceptors (Lipinski definition) is 5. The fourth-order valence-corrected chi connectivity index (χ4v) is 4.07. The molecule has 0 aliphatic rings. The normalized spacial score (nSPS) is 10.8. The molecule has 3 aromatic rings. The maximum absolute atomic E-state index is 12.3. The number of anilines is 1. The summed E-state index contributed by atoms with van der Waals surface area (Å²) in [6, 6.07) is 13.9. The number of thiophene rings is 1. The molecule has 0 saturated carbocycles. The van der Waals surface area contributed by atoms with E-state index in [2.05, 4.69) is 10.3 Å². The van der Waals surface area contributed by atoms with E-state index in [1.54, 1.807) is 36.5 Å². The van der Waals surface area contributed by atoms with E-state index in [9.17, 15) is 13.2 Å². The van der Waals surface area contributed by atoms with Gasteiger partial charge in [0, 0.05) is 22.3 Å². The van der Waals surface area contributed by atoms with E-state index in [-0.39, 0.29) is 11.7 Å². The highest BCUT2D eigenvalue weighted by molar-refractivity contribution is 7.71. The van der Waals surface area contributed by atoms with Crippen LogP contribution in [0.3, 0.4) is 0 Å². The van der Waals surface area contributed by atoms with Gasteiger partial charge in [0.15, 0.2) is 0 Å². The van der Waals surface area contributed by atoms with E-state index in [4.69, 9.17) is 11.6 Å². The summed E-state index contributed by atoms with van der Waals surface area (Å²) in [4.78, 5) is 17.7. The smallest absolute Gasteiger partial charge is 0.265 e. The van der Waals surface area contributed by atoms with Crippen molar-refractivity contribution in [3.05, 3.63) is 69.5 Å². The van der Waals surface area contributed by atoms with Gasteiger partial charge in [0.05, 0.1) is 21.3 Å². The minimum absolute atomic E-state index is 0.0575. The molecule has 8 heteroatoms. The van der Waals surface area contributed by atoms with Crippen molar-refractivity contribution in [1.29, 1.82) is 0 Å². The van der Waals surface area contributed by atoms with E-state index in [1.165, 1.54) is 0 Å². The van der Waals surface area contributed by atoms with Gasteiger partial charge < -0.3 is 5.32 Å². The molecule has 2 heterocycles. The van der Waals surface area contributed by atoms with E-state index in [1.807, 2.05) is 18.2 Å². The Balaban J connectivity index is 1.81. The van der Waals surface area contributed by atoms with Crippen LogP contribution in [0.5, 0.6) is 0 Å². The zero-order chi connectivity index (χ0) is 17.8. The van der Waals surface area contributed by atoms with E-state index in [0.717, 1.165) is 16.9 Å². The van der Waals surface area contributed by atoms with Gasteiger partial charge in [-0.3, -0.25) is 9.78 Å². The lowest BCUT2D eigenvalue weighted by molar-refractivity contribution is 0.103. The Morgan fingerprint density at radius 1 is 1.16 bits per heavy atom. The summed E-state index contributed by atoms with van der Waals surface area (Å²) in [6.07, 6.45) is 1.67. The summed E-state index contributed by atoms with van der Waals surface area (Å²) in [5.41, 5.74) is 2.01. The highest BCUT2D eigenvalue weighted by Crippen LogP contribution is 2.29. The number of nitrogens with zero attached hydrogens (tertiary/aromatic N) is 1. The highest BCUT2D eigenvalue weighted by Gasteiger charge is 2.12. The summed E-state index contributed by atoms with van der Waals surface area (Å²) in [5.74, 6) is -0.357. The number of carbonyl (C=O) groups excluding carboxylic acids is 1. The average Bonchev–Trinajstić information content (AvgIpc) is 3.05. The predicted octanol–water partition coefficient (Wildman–Crippen LogP) is 3.83. The van der Waals surface area contributed by atoms with E-state index >= 15 is 0 Å². The molecule has 1 N–H and O–H groups in total. The minimum atomic E-state index is -2.51. The number of hydrogen-bond donors (Lipinski definition) is 2. The Kier molecular flexibility index (Phi) is 5.47. The first-order valence-electron chi connectivity index (χ1n) is 7.26. The van der Waals surface area contributed by atoms with Crippen molar-refractivity contribution in [1.82, 2.24) is 4.98 Å². The molecule has 0 aliphatic carbocycles. The summed E-state index contributed by atoms with van der Waals surface area (Å²) < 4.78 is 21.5. The molecule has 3 rings (SSSR count). The van der Waals surface area contributed by atoms with Crippen LogP contribution in [-0.2, 0) is 16.5 Å². The van der Waals surface area contributed by atoms with Crippen molar-refractivity contribution in [3.8, 4) is 11.3 Å². The molecule has 0 bridgehead atoms. The first kappa shape index (κ1) is 17.6. The largest absolute Gasteiger partial charge is 0.321 e. The maximum atomic E-state index is 12.3. The van der Waals surface area contributed by atoms with Gasteiger partial charge >= 0.3 is 0 Å². The molecule has 128 valence electrons. The number of halogens is 1. The summed E-state index contributed by atoms with van der Waals surface area (Å²) in [7, 11) is -2.51. The van der Waals surface area contributed by atoms with Crippen LogP contribution in [0, 0.1) is 0 Å². The second kappa shape index (κ2) is 7.77. The third-order valence-electron chi connectivity index (χ3n) is 3.34. The maximum Gasteiger partial charge on any atom is 0.265 e. The standard InChI is InChI=1S/C17H13ClN2O3S2/c18-14-6-4-11(9-13(14)15-3-1-2-8-19-15)20-17(21)16-7-5-12(24-16)10-25(22)23/h1-9,25H,10H2,(H,20,21). The summed E-state index contributed by atoms with van der Waals surface area (Å²) >= 11 is 7.39. The zero-order valence-electron chi connectivity index (χ0n) is 12.8. The molecule has 5 nitrogen and oxygen atoms in total. The molecule has 0 saturated heterocycles. The van der Waals surface area contributed by atoms with Crippen LogP contribution in [0.4, 0.5) is 5.69 Å². The Bertz CT molecular complexity index is 977. The number of amides is 1. The Morgan fingerprint density at radius 3 is 2.72 bits per heavy atom. The number of pyridine rings is 1. The monoisotopic (exact) mass is 392 g/mol. The van der Waals surface area contributed by atoms with Crippen molar-refractivity contribution in [2.75, 3.05) is 5.32 Å². The molecule has 0 radical (unpaired) electrons. The lowest BCUT2D eigenvalue weighted by Gasteiger charge is -2.08. The SMILES string of the molecule is O=C(Nc1ccc(Cl)c(-c2ccccn2)c1)c1ccc(C[SH](=O)=O)s1. The molecule has 0 aliphatic heterocycles. The van der Waals surface area contributed by atoms with Gasteiger partial charge in [0.2, 0.25) is 0 Å². The quantitative estimate of drug-likeness (QED) is 0.647. The van der Waals surface area contributed by atoms with Crippen molar-refractivity contribution >= 4 is 45.2 Å². The molecular formula is C17H13ClN2O3S2. The van der Waals surface area contributed by atoms with Gasteiger partial charge in [-0.15, -0.1) is 11.3 Å². The van der Waals surface area contributed by atoms with Gasteiger partial charge in [-0.1, -0.05) is 17.7 Å². The Labute approximate surface area is 155 Å². The van der Waals surface area contributed by atoms with Crippen molar-refractivity contribution in [3.63, 3.8) is 0 Å². The molecule has 2 aromatic heterocycles. The number of benzene rings is 1. The average molecular weight is 393 g/mol. The second-order valence-corrected chi connectivity index (χ2v) is 7.68. The fraction of sp³-hybridized carbons (Fsp3) is 0.0588. The Hall–Kier alpha value is -2.22. The van der Waals surface area contributed by atoms with Gasteiger partial charge in [0.1, 0.15) is 10.7 Å².